The molecule has 2 heterocycles. The first-order valence-electron chi connectivity index (χ1n) is 8.07. The van der Waals surface area contributed by atoms with Crippen LogP contribution in [0.5, 0.6) is 11.5 Å². The van der Waals surface area contributed by atoms with Crippen LogP contribution in [0.2, 0.25) is 0 Å². The molecule has 0 bridgehead atoms. The van der Waals surface area contributed by atoms with Crippen LogP contribution in [0.3, 0.4) is 0 Å². The lowest BCUT2D eigenvalue weighted by Crippen LogP contribution is -2.45. The van der Waals surface area contributed by atoms with Gasteiger partial charge in [0.1, 0.15) is 4.32 Å². The fraction of sp³-hybridized carbons (Fsp3) is 0.389. The molecule has 134 valence electrons. The van der Waals surface area contributed by atoms with Crippen LogP contribution in [-0.4, -0.2) is 47.4 Å². The Hall–Kier alpha value is -1.28. The van der Waals surface area contributed by atoms with Crippen LogP contribution in [0.15, 0.2) is 35.7 Å². The first-order valence-corrected chi connectivity index (χ1v) is 10.3. The van der Waals surface area contributed by atoms with E-state index in [2.05, 4.69) is 33.4 Å². The molecule has 1 fully saturated rings. The van der Waals surface area contributed by atoms with Crippen molar-refractivity contribution >= 4 is 39.6 Å². The quantitative estimate of drug-likeness (QED) is 0.657. The van der Waals surface area contributed by atoms with Crippen LogP contribution in [0, 0.1) is 0 Å². The van der Waals surface area contributed by atoms with Crippen LogP contribution in [0.4, 0.5) is 0 Å². The number of benzene rings is 1. The molecule has 7 heteroatoms. The fourth-order valence-corrected chi connectivity index (χ4v) is 4.61. The predicted molar refractivity (Wildman–Crippen MR) is 110 cm³/mol. The third-order valence-electron chi connectivity index (χ3n) is 4.08. The molecular formula is C18H22N2O2S3. The maximum absolute atomic E-state index is 5.55. The van der Waals surface area contributed by atoms with Crippen molar-refractivity contribution in [3.63, 3.8) is 0 Å². The molecule has 1 saturated heterocycles. The van der Waals surface area contributed by atoms with Crippen molar-refractivity contribution in [2.24, 2.45) is 0 Å². The summed E-state index contributed by atoms with van der Waals surface area (Å²) >= 11 is 9.11. The molecule has 1 aliphatic heterocycles. The third-order valence-corrected chi connectivity index (χ3v) is 6.55. The van der Waals surface area contributed by atoms with Gasteiger partial charge in [-0.3, -0.25) is 4.90 Å². The second-order valence-corrected chi connectivity index (χ2v) is 8.40. The zero-order valence-electron chi connectivity index (χ0n) is 14.4. The van der Waals surface area contributed by atoms with E-state index in [1.807, 2.05) is 23.5 Å². The Labute approximate surface area is 162 Å². The first-order chi connectivity index (χ1) is 12.2. The Balaban J connectivity index is 1.58. The molecular weight excluding hydrogens is 372 g/mol. The van der Waals surface area contributed by atoms with E-state index in [9.17, 15) is 0 Å². The van der Waals surface area contributed by atoms with Crippen molar-refractivity contribution in [1.82, 2.24) is 9.80 Å². The Bertz CT molecular complexity index is 706. The summed E-state index contributed by atoms with van der Waals surface area (Å²) in [5.74, 6) is 2.50. The number of thiophene rings is 1. The van der Waals surface area contributed by atoms with Crippen molar-refractivity contribution in [1.29, 1.82) is 0 Å². The molecule has 4 nitrogen and oxygen atoms in total. The van der Waals surface area contributed by atoms with Crippen molar-refractivity contribution in [3.05, 3.63) is 46.2 Å². The number of nitrogens with zero attached hydrogens (tertiary/aromatic N) is 2. The number of rotatable bonds is 7. The SMILES string of the molecule is COc1ccc(CCN2CN(Cc3cccs3)CSC2=S)cc1OC. The van der Waals surface area contributed by atoms with E-state index >= 15 is 0 Å². The van der Waals surface area contributed by atoms with E-state index in [1.54, 1.807) is 26.0 Å². The van der Waals surface area contributed by atoms with E-state index in [0.29, 0.717) is 0 Å². The molecule has 1 aliphatic rings. The monoisotopic (exact) mass is 394 g/mol. The maximum Gasteiger partial charge on any atom is 0.160 e. The molecule has 0 amide bonds. The fourth-order valence-electron chi connectivity index (χ4n) is 2.76. The van der Waals surface area contributed by atoms with Gasteiger partial charge in [0.05, 0.1) is 26.8 Å². The third kappa shape index (κ3) is 4.88. The zero-order valence-corrected chi connectivity index (χ0v) is 16.9. The smallest absolute Gasteiger partial charge is 0.160 e. The minimum absolute atomic E-state index is 0.762. The molecule has 0 atom stereocenters. The summed E-state index contributed by atoms with van der Waals surface area (Å²) in [6.45, 7) is 2.78. The van der Waals surface area contributed by atoms with Crippen LogP contribution in [0.25, 0.3) is 0 Å². The van der Waals surface area contributed by atoms with Crippen LogP contribution < -0.4 is 9.47 Å². The van der Waals surface area contributed by atoms with Gasteiger partial charge in [-0.05, 0) is 35.6 Å². The standard InChI is InChI=1S/C18H22N2O2S3/c1-21-16-6-5-14(10-17(16)22-2)7-8-20-12-19(13-25-18(20)23)11-15-4-3-9-24-15/h3-6,9-10H,7-8,11-13H2,1-2H3. The van der Waals surface area contributed by atoms with Crippen LogP contribution >= 0.6 is 35.3 Å². The van der Waals surface area contributed by atoms with Gasteiger partial charge >= 0.3 is 0 Å². The van der Waals surface area contributed by atoms with Gasteiger partial charge in [-0.15, -0.1) is 11.3 Å². The van der Waals surface area contributed by atoms with E-state index in [-0.39, 0.29) is 0 Å². The highest BCUT2D eigenvalue weighted by molar-refractivity contribution is 8.22. The highest BCUT2D eigenvalue weighted by Gasteiger charge is 2.21. The van der Waals surface area contributed by atoms with Crippen molar-refractivity contribution < 1.29 is 9.47 Å². The molecule has 0 unspecified atom stereocenters. The molecule has 0 saturated carbocycles. The molecule has 0 aliphatic carbocycles. The minimum atomic E-state index is 0.762. The second kappa shape index (κ2) is 8.89. The Morgan fingerprint density at radius 2 is 2.00 bits per heavy atom. The van der Waals surface area contributed by atoms with Gasteiger partial charge in [0.2, 0.25) is 0 Å². The number of hydrogen-bond acceptors (Lipinski definition) is 6. The van der Waals surface area contributed by atoms with Gasteiger partial charge < -0.3 is 14.4 Å². The maximum atomic E-state index is 5.55. The summed E-state index contributed by atoms with van der Waals surface area (Å²) < 4.78 is 11.7. The first kappa shape index (κ1) is 18.5. The molecule has 3 rings (SSSR count). The normalized spacial score (nSPS) is 15.4. The average molecular weight is 395 g/mol. The van der Waals surface area contributed by atoms with Crippen molar-refractivity contribution in [2.75, 3.05) is 33.3 Å². The summed E-state index contributed by atoms with van der Waals surface area (Å²) in [5.41, 5.74) is 1.22. The van der Waals surface area contributed by atoms with Gasteiger partial charge in [0, 0.05) is 18.0 Å². The zero-order chi connectivity index (χ0) is 17.6. The topological polar surface area (TPSA) is 24.9 Å². The lowest BCUT2D eigenvalue weighted by molar-refractivity contribution is 0.208. The highest BCUT2D eigenvalue weighted by Crippen LogP contribution is 2.28. The lowest BCUT2D eigenvalue weighted by Gasteiger charge is -2.36. The van der Waals surface area contributed by atoms with Gasteiger partial charge in [-0.25, -0.2) is 0 Å². The number of methoxy groups -OCH3 is 2. The molecule has 1 aromatic heterocycles. The number of thioether (sulfide) groups is 1. The number of thiocarbonyl (C=S) groups is 1. The van der Waals surface area contributed by atoms with E-state index in [4.69, 9.17) is 21.7 Å². The average Bonchev–Trinajstić information content (AvgIpc) is 3.14. The largest absolute Gasteiger partial charge is 0.493 e. The summed E-state index contributed by atoms with van der Waals surface area (Å²) in [7, 11) is 3.32. The molecule has 25 heavy (non-hydrogen) atoms. The molecule has 0 radical (unpaired) electrons. The van der Waals surface area contributed by atoms with Crippen LogP contribution in [0.1, 0.15) is 10.4 Å². The Morgan fingerprint density at radius 1 is 1.16 bits per heavy atom. The summed E-state index contributed by atoms with van der Waals surface area (Å²) in [6, 6.07) is 10.4. The predicted octanol–water partition coefficient (Wildman–Crippen LogP) is 4.06. The highest BCUT2D eigenvalue weighted by atomic mass is 32.2. The van der Waals surface area contributed by atoms with Gasteiger partial charge in [-0.1, -0.05) is 36.1 Å². The molecule has 0 spiro atoms. The molecule has 1 aromatic carbocycles. The minimum Gasteiger partial charge on any atom is -0.493 e. The Morgan fingerprint density at radius 3 is 2.72 bits per heavy atom. The van der Waals surface area contributed by atoms with Crippen LogP contribution in [-0.2, 0) is 13.0 Å². The molecule has 2 aromatic rings. The number of ether oxygens (including phenoxy) is 2. The molecule has 0 N–H and O–H groups in total. The van der Waals surface area contributed by atoms with E-state index < -0.39 is 0 Å². The summed E-state index contributed by atoms with van der Waals surface area (Å²) in [4.78, 5) is 6.11. The second-order valence-electron chi connectivity index (χ2n) is 5.79. The van der Waals surface area contributed by atoms with E-state index in [0.717, 1.165) is 47.9 Å². The summed E-state index contributed by atoms with van der Waals surface area (Å²) in [5, 5.41) is 2.13. The Kier molecular flexibility index (Phi) is 6.58. The van der Waals surface area contributed by atoms with Gasteiger partial charge in [0.15, 0.2) is 11.5 Å². The van der Waals surface area contributed by atoms with Crippen molar-refractivity contribution in [3.8, 4) is 11.5 Å². The lowest BCUT2D eigenvalue weighted by atomic mass is 10.1. The van der Waals surface area contributed by atoms with Crippen molar-refractivity contribution in [2.45, 2.75) is 13.0 Å². The number of hydrogen-bond donors (Lipinski definition) is 0. The van der Waals surface area contributed by atoms with Gasteiger partial charge in [0.25, 0.3) is 0 Å². The van der Waals surface area contributed by atoms with E-state index in [1.165, 1.54) is 10.4 Å². The van der Waals surface area contributed by atoms with Gasteiger partial charge in [-0.2, -0.15) is 0 Å². The summed E-state index contributed by atoms with van der Waals surface area (Å²) in [6.07, 6.45) is 0.925.